The van der Waals surface area contributed by atoms with E-state index in [9.17, 15) is 14.4 Å². The van der Waals surface area contributed by atoms with Crippen molar-refractivity contribution in [3.05, 3.63) is 59.3 Å². The number of hydrogen-bond donors (Lipinski definition) is 0. The van der Waals surface area contributed by atoms with Gasteiger partial charge in [-0.25, -0.2) is 9.78 Å². The summed E-state index contributed by atoms with van der Waals surface area (Å²) in [5.41, 5.74) is -0.193. The molecule has 2 amide bonds. The summed E-state index contributed by atoms with van der Waals surface area (Å²) in [5, 5.41) is 1.92. The van der Waals surface area contributed by atoms with Crippen molar-refractivity contribution in [3.63, 3.8) is 0 Å². The van der Waals surface area contributed by atoms with E-state index in [0.717, 1.165) is 4.88 Å². The molecule has 0 bridgehead atoms. The van der Waals surface area contributed by atoms with Crippen molar-refractivity contribution in [2.24, 2.45) is 5.92 Å². The number of para-hydroxylation sites is 1. The Balaban J connectivity index is 1.47. The summed E-state index contributed by atoms with van der Waals surface area (Å²) >= 11 is 1.50. The number of esters is 1. The van der Waals surface area contributed by atoms with E-state index in [0.29, 0.717) is 29.4 Å². The lowest BCUT2D eigenvalue weighted by Crippen LogP contribution is -2.69. The van der Waals surface area contributed by atoms with Crippen molar-refractivity contribution in [1.82, 2.24) is 9.88 Å². The molecule has 5 rings (SSSR count). The van der Waals surface area contributed by atoms with E-state index < -0.39 is 11.6 Å². The summed E-state index contributed by atoms with van der Waals surface area (Å²) in [4.78, 5) is 48.3. The molecule has 1 aromatic carbocycles. The molecule has 1 unspecified atom stereocenters. The second kappa shape index (κ2) is 8.15. The van der Waals surface area contributed by atoms with Gasteiger partial charge in [0.1, 0.15) is 18.6 Å². The van der Waals surface area contributed by atoms with E-state index in [-0.39, 0.29) is 37.2 Å². The Morgan fingerprint density at radius 1 is 1.24 bits per heavy atom. The van der Waals surface area contributed by atoms with E-state index in [1.54, 1.807) is 24.3 Å². The number of benzene rings is 1. The van der Waals surface area contributed by atoms with Crippen LogP contribution in [0, 0.1) is 5.92 Å². The summed E-state index contributed by atoms with van der Waals surface area (Å²) in [5.74, 6) is -0.580. The van der Waals surface area contributed by atoms with Crippen LogP contribution in [0.1, 0.15) is 42.7 Å². The Kier molecular flexibility index (Phi) is 5.28. The number of thiophene rings is 1. The molecule has 0 aliphatic carbocycles. The minimum absolute atomic E-state index is 0.0883. The van der Waals surface area contributed by atoms with Crippen molar-refractivity contribution in [3.8, 4) is 10.8 Å². The molecule has 1 saturated heterocycles. The second-order valence-electron chi connectivity index (χ2n) is 8.57. The molecule has 33 heavy (non-hydrogen) atoms. The summed E-state index contributed by atoms with van der Waals surface area (Å²) in [6.07, 6.45) is 1.78. The third-order valence-corrected chi connectivity index (χ3v) is 6.74. The summed E-state index contributed by atoms with van der Waals surface area (Å²) in [6.45, 7) is 4.13. The summed E-state index contributed by atoms with van der Waals surface area (Å²) in [7, 11) is 0. The zero-order valence-corrected chi connectivity index (χ0v) is 19.1. The molecule has 0 spiro atoms. The molecule has 9 heteroatoms. The zero-order valence-electron chi connectivity index (χ0n) is 18.3. The first-order valence-electron chi connectivity index (χ1n) is 10.8. The van der Waals surface area contributed by atoms with Gasteiger partial charge in [0.15, 0.2) is 0 Å². The van der Waals surface area contributed by atoms with Gasteiger partial charge in [0, 0.05) is 19.4 Å². The van der Waals surface area contributed by atoms with Gasteiger partial charge in [-0.05, 0) is 29.5 Å². The number of ether oxygens (including phenoxy) is 1. The van der Waals surface area contributed by atoms with Crippen LogP contribution < -0.4 is 4.90 Å². The molecule has 170 valence electrons. The van der Waals surface area contributed by atoms with Gasteiger partial charge < -0.3 is 14.1 Å². The molecular formula is C24H23N3O5S. The zero-order chi connectivity index (χ0) is 23.2. The smallest absolute Gasteiger partial charge is 0.354 e. The van der Waals surface area contributed by atoms with Gasteiger partial charge >= 0.3 is 5.97 Å². The highest BCUT2D eigenvalue weighted by molar-refractivity contribution is 7.13. The third kappa shape index (κ3) is 3.43. The van der Waals surface area contributed by atoms with Crippen molar-refractivity contribution in [1.29, 1.82) is 0 Å². The van der Waals surface area contributed by atoms with Gasteiger partial charge in [0.2, 0.25) is 17.5 Å². The van der Waals surface area contributed by atoms with E-state index in [2.05, 4.69) is 4.98 Å². The average molecular weight is 466 g/mol. The van der Waals surface area contributed by atoms with Crippen molar-refractivity contribution in [2.75, 3.05) is 11.4 Å². The lowest BCUT2D eigenvalue weighted by atomic mass is 9.95. The van der Waals surface area contributed by atoms with Crippen LogP contribution in [0.2, 0.25) is 0 Å². The van der Waals surface area contributed by atoms with Gasteiger partial charge in [-0.15, -0.1) is 11.3 Å². The van der Waals surface area contributed by atoms with E-state index in [4.69, 9.17) is 9.15 Å². The Morgan fingerprint density at radius 3 is 2.82 bits per heavy atom. The lowest BCUT2D eigenvalue weighted by molar-refractivity contribution is -0.159. The third-order valence-electron chi connectivity index (χ3n) is 5.88. The number of rotatable bonds is 6. The predicted molar refractivity (Wildman–Crippen MR) is 121 cm³/mol. The number of fused-ring (bicyclic) bond motifs is 3. The highest BCUT2D eigenvalue weighted by Gasteiger charge is 2.62. The fraction of sp³-hybridized carbons (Fsp3) is 0.333. The summed E-state index contributed by atoms with van der Waals surface area (Å²) in [6, 6.07) is 10.7. The van der Waals surface area contributed by atoms with Crippen LogP contribution in [0.5, 0.6) is 0 Å². The van der Waals surface area contributed by atoms with Gasteiger partial charge in [-0.1, -0.05) is 32.0 Å². The van der Waals surface area contributed by atoms with Crippen LogP contribution >= 0.6 is 11.3 Å². The van der Waals surface area contributed by atoms with Crippen LogP contribution in [0.25, 0.3) is 10.8 Å². The van der Waals surface area contributed by atoms with Gasteiger partial charge in [0.25, 0.3) is 5.91 Å². The second-order valence-corrected chi connectivity index (χ2v) is 9.52. The Labute approximate surface area is 194 Å². The number of carbonyl (C=O) groups excluding carboxylic acids is 3. The molecule has 3 aromatic rings. The molecule has 0 radical (unpaired) electrons. The Bertz CT molecular complexity index is 1220. The topological polar surface area (TPSA) is 93.0 Å². The maximum absolute atomic E-state index is 13.6. The van der Waals surface area contributed by atoms with Crippen LogP contribution in [-0.2, 0) is 20.9 Å². The van der Waals surface area contributed by atoms with Crippen molar-refractivity contribution >= 4 is 34.8 Å². The fourth-order valence-electron chi connectivity index (χ4n) is 4.51. The molecule has 4 heterocycles. The number of carbonyl (C=O) groups is 3. The molecule has 0 N–H and O–H groups in total. The average Bonchev–Trinajstić information content (AvgIpc) is 3.55. The largest absolute Gasteiger partial charge is 0.456 e. The van der Waals surface area contributed by atoms with Crippen LogP contribution in [0.15, 0.2) is 52.5 Å². The van der Waals surface area contributed by atoms with Gasteiger partial charge in [-0.3, -0.25) is 14.5 Å². The summed E-state index contributed by atoms with van der Waals surface area (Å²) < 4.78 is 11.2. The first kappa shape index (κ1) is 21.4. The SMILES string of the molecule is CC(C)CN1C(=O)c2ccccc2N2C(=O)CCC12C(=O)OCc1coc(-c2cccs2)n1. The van der Waals surface area contributed by atoms with Crippen molar-refractivity contribution < 1.29 is 23.5 Å². The fourth-order valence-corrected chi connectivity index (χ4v) is 5.16. The van der Waals surface area contributed by atoms with E-state index in [1.807, 2.05) is 31.4 Å². The standard InChI is InChI=1S/C24H23N3O5S/c1-15(2)12-26-22(29)17-6-3-4-7-18(17)27-20(28)9-10-24(26,27)23(30)32-14-16-13-31-21(25-16)19-8-5-11-33-19/h3-8,11,13,15H,9-10,12,14H2,1-2H3. The maximum Gasteiger partial charge on any atom is 0.354 e. The molecule has 2 aliphatic heterocycles. The van der Waals surface area contributed by atoms with Crippen molar-refractivity contribution in [2.45, 2.75) is 39.0 Å². The highest BCUT2D eigenvalue weighted by atomic mass is 32.1. The van der Waals surface area contributed by atoms with E-state index >= 15 is 0 Å². The molecule has 2 aliphatic rings. The number of anilines is 1. The first-order chi connectivity index (χ1) is 15.9. The number of aromatic nitrogens is 1. The molecular weight excluding hydrogens is 442 g/mol. The Hall–Kier alpha value is -3.46. The molecule has 0 saturated carbocycles. The monoisotopic (exact) mass is 465 g/mol. The minimum atomic E-state index is -1.51. The normalized spacial score (nSPS) is 19.7. The number of nitrogens with zero attached hydrogens (tertiary/aromatic N) is 3. The quantitative estimate of drug-likeness (QED) is 0.509. The van der Waals surface area contributed by atoms with Crippen LogP contribution in [0.3, 0.4) is 0 Å². The molecule has 2 aromatic heterocycles. The predicted octanol–water partition coefficient (Wildman–Crippen LogP) is 4.08. The van der Waals surface area contributed by atoms with Crippen LogP contribution in [0.4, 0.5) is 5.69 Å². The molecule has 1 atom stereocenters. The number of oxazole rings is 1. The minimum Gasteiger partial charge on any atom is -0.456 e. The first-order valence-corrected chi connectivity index (χ1v) is 11.7. The maximum atomic E-state index is 13.6. The van der Waals surface area contributed by atoms with Crippen LogP contribution in [-0.4, -0.2) is 39.9 Å². The van der Waals surface area contributed by atoms with Gasteiger partial charge in [-0.2, -0.15) is 0 Å². The highest BCUT2D eigenvalue weighted by Crippen LogP contribution is 2.45. The van der Waals surface area contributed by atoms with Gasteiger partial charge in [0.05, 0.1) is 16.1 Å². The number of hydrogen-bond acceptors (Lipinski definition) is 7. The molecule has 8 nitrogen and oxygen atoms in total. The lowest BCUT2D eigenvalue weighted by Gasteiger charge is -2.48. The van der Waals surface area contributed by atoms with E-state index in [1.165, 1.54) is 27.4 Å². The Morgan fingerprint density at radius 2 is 2.06 bits per heavy atom. The molecule has 1 fully saturated rings. The number of amides is 2.